The molecule has 5 nitrogen and oxygen atoms in total. The van der Waals surface area contributed by atoms with Gasteiger partial charge in [-0.25, -0.2) is 0 Å². The summed E-state index contributed by atoms with van der Waals surface area (Å²) >= 11 is 0. The van der Waals surface area contributed by atoms with Gasteiger partial charge in [0.05, 0.1) is 12.5 Å². The second-order valence-corrected chi connectivity index (χ2v) is 4.26. The number of carboxylic acids is 1. The third-order valence-electron chi connectivity index (χ3n) is 3.12. The van der Waals surface area contributed by atoms with E-state index in [9.17, 15) is 14.7 Å². The van der Waals surface area contributed by atoms with E-state index in [1.165, 1.54) is 0 Å². The Morgan fingerprint density at radius 3 is 2.62 bits per heavy atom. The summed E-state index contributed by atoms with van der Waals surface area (Å²) < 4.78 is 0. The minimum absolute atomic E-state index is 0.0574. The summed E-state index contributed by atoms with van der Waals surface area (Å²) in [5, 5.41) is 18.1. The van der Waals surface area contributed by atoms with Crippen LogP contribution in [-0.2, 0) is 9.59 Å². The molecule has 16 heavy (non-hydrogen) atoms. The summed E-state index contributed by atoms with van der Waals surface area (Å²) in [6.07, 6.45) is 1.05. The predicted octanol–water partition coefficient (Wildman–Crippen LogP) is 0.471. The van der Waals surface area contributed by atoms with Crippen molar-refractivity contribution >= 4 is 11.9 Å². The molecule has 0 aromatic heterocycles. The fourth-order valence-electron chi connectivity index (χ4n) is 2.02. The SMILES string of the molecule is CC[C@@H]1CN(C(=O)CCC(=O)O)CC[C@H]1O. The lowest BCUT2D eigenvalue weighted by molar-refractivity contribution is -0.142. The third kappa shape index (κ3) is 3.48. The van der Waals surface area contributed by atoms with Gasteiger partial charge in [-0.1, -0.05) is 6.92 Å². The number of hydrogen-bond acceptors (Lipinski definition) is 3. The Balaban J connectivity index is 2.42. The predicted molar refractivity (Wildman–Crippen MR) is 57.9 cm³/mol. The molecular formula is C11H19NO4. The van der Waals surface area contributed by atoms with Crippen molar-refractivity contribution in [2.45, 2.75) is 38.7 Å². The van der Waals surface area contributed by atoms with E-state index in [0.29, 0.717) is 19.5 Å². The van der Waals surface area contributed by atoms with Gasteiger partial charge >= 0.3 is 5.97 Å². The van der Waals surface area contributed by atoms with Crippen molar-refractivity contribution in [2.75, 3.05) is 13.1 Å². The molecule has 2 atom stereocenters. The Morgan fingerprint density at radius 1 is 1.38 bits per heavy atom. The molecule has 0 saturated carbocycles. The monoisotopic (exact) mass is 229 g/mol. The average molecular weight is 229 g/mol. The van der Waals surface area contributed by atoms with Crippen LogP contribution >= 0.6 is 0 Å². The minimum atomic E-state index is -0.947. The lowest BCUT2D eigenvalue weighted by atomic mass is 9.92. The van der Waals surface area contributed by atoms with E-state index < -0.39 is 5.97 Å². The second kappa shape index (κ2) is 5.84. The molecule has 0 aromatic carbocycles. The van der Waals surface area contributed by atoms with Gasteiger partial charge in [-0.2, -0.15) is 0 Å². The number of piperidine rings is 1. The molecule has 5 heteroatoms. The molecule has 1 amide bonds. The first kappa shape index (κ1) is 13.0. The number of hydrogen-bond donors (Lipinski definition) is 2. The Bertz CT molecular complexity index is 267. The lowest BCUT2D eigenvalue weighted by Crippen LogP contribution is -2.45. The molecule has 1 rings (SSSR count). The molecule has 0 unspecified atom stereocenters. The van der Waals surface area contributed by atoms with Gasteiger partial charge in [-0.3, -0.25) is 9.59 Å². The van der Waals surface area contributed by atoms with Crippen molar-refractivity contribution in [3.63, 3.8) is 0 Å². The summed E-state index contributed by atoms with van der Waals surface area (Å²) in [7, 11) is 0. The van der Waals surface area contributed by atoms with Gasteiger partial charge in [-0.15, -0.1) is 0 Å². The molecule has 0 aliphatic carbocycles. The number of nitrogens with zero attached hydrogens (tertiary/aromatic N) is 1. The first-order chi connectivity index (χ1) is 7.54. The van der Waals surface area contributed by atoms with Gasteiger partial charge in [0.25, 0.3) is 0 Å². The normalized spacial score (nSPS) is 25.5. The minimum Gasteiger partial charge on any atom is -0.481 e. The highest BCUT2D eigenvalue weighted by atomic mass is 16.4. The third-order valence-corrected chi connectivity index (χ3v) is 3.12. The van der Waals surface area contributed by atoms with Crippen molar-refractivity contribution in [3.05, 3.63) is 0 Å². The van der Waals surface area contributed by atoms with E-state index in [-0.39, 0.29) is 30.8 Å². The van der Waals surface area contributed by atoms with Gasteiger partial charge in [-0.05, 0) is 12.8 Å². The summed E-state index contributed by atoms with van der Waals surface area (Å²) in [4.78, 5) is 23.7. The molecule has 1 aliphatic rings. The van der Waals surface area contributed by atoms with Crippen LogP contribution in [0.3, 0.4) is 0 Å². The Kier molecular flexibility index (Phi) is 4.73. The molecule has 0 spiro atoms. The van der Waals surface area contributed by atoms with Crippen LogP contribution in [0.25, 0.3) is 0 Å². The number of rotatable bonds is 4. The van der Waals surface area contributed by atoms with Crippen molar-refractivity contribution in [3.8, 4) is 0 Å². The number of amides is 1. The number of carbonyl (C=O) groups excluding carboxylic acids is 1. The Morgan fingerprint density at radius 2 is 2.06 bits per heavy atom. The number of likely N-dealkylation sites (tertiary alicyclic amines) is 1. The molecule has 92 valence electrons. The van der Waals surface area contributed by atoms with Crippen LogP contribution in [0.2, 0.25) is 0 Å². The maximum absolute atomic E-state index is 11.7. The zero-order valence-corrected chi connectivity index (χ0v) is 9.56. The van der Waals surface area contributed by atoms with Crippen molar-refractivity contribution in [1.29, 1.82) is 0 Å². The first-order valence-electron chi connectivity index (χ1n) is 5.72. The molecule has 1 saturated heterocycles. The number of carboxylic acid groups (broad SMARTS) is 1. The number of carbonyl (C=O) groups is 2. The zero-order chi connectivity index (χ0) is 12.1. The van der Waals surface area contributed by atoms with E-state index in [0.717, 1.165) is 6.42 Å². The van der Waals surface area contributed by atoms with Crippen LogP contribution < -0.4 is 0 Å². The molecular weight excluding hydrogens is 210 g/mol. The molecule has 2 N–H and O–H groups in total. The van der Waals surface area contributed by atoms with Gasteiger partial charge in [0.2, 0.25) is 5.91 Å². The standard InChI is InChI=1S/C11H19NO4/c1-2-8-7-12(6-5-9(8)13)10(14)3-4-11(15)16/h8-9,13H,2-7H2,1H3,(H,15,16)/t8-,9-/m1/s1. The van der Waals surface area contributed by atoms with Crippen LogP contribution in [0.1, 0.15) is 32.6 Å². The smallest absolute Gasteiger partial charge is 0.303 e. The lowest BCUT2D eigenvalue weighted by Gasteiger charge is -2.35. The maximum Gasteiger partial charge on any atom is 0.303 e. The Labute approximate surface area is 95.1 Å². The summed E-state index contributed by atoms with van der Waals surface area (Å²) in [6, 6.07) is 0. The fourth-order valence-corrected chi connectivity index (χ4v) is 2.02. The molecule has 0 radical (unpaired) electrons. The first-order valence-corrected chi connectivity index (χ1v) is 5.72. The van der Waals surface area contributed by atoms with Crippen molar-refractivity contribution < 1.29 is 19.8 Å². The van der Waals surface area contributed by atoms with Crippen molar-refractivity contribution in [1.82, 2.24) is 4.90 Å². The summed E-state index contributed by atoms with van der Waals surface area (Å²) in [6.45, 7) is 3.07. The highest BCUT2D eigenvalue weighted by Gasteiger charge is 2.28. The van der Waals surface area contributed by atoms with Gasteiger partial charge in [0, 0.05) is 25.4 Å². The van der Waals surface area contributed by atoms with Crippen LogP contribution in [-0.4, -0.2) is 46.2 Å². The molecule has 0 aromatic rings. The number of aliphatic carboxylic acids is 1. The van der Waals surface area contributed by atoms with E-state index >= 15 is 0 Å². The van der Waals surface area contributed by atoms with E-state index in [2.05, 4.69) is 0 Å². The topological polar surface area (TPSA) is 77.8 Å². The zero-order valence-electron chi connectivity index (χ0n) is 9.56. The molecule has 0 bridgehead atoms. The average Bonchev–Trinajstić information content (AvgIpc) is 2.26. The largest absolute Gasteiger partial charge is 0.481 e. The van der Waals surface area contributed by atoms with E-state index in [1.807, 2.05) is 6.92 Å². The molecule has 1 aliphatic heterocycles. The van der Waals surface area contributed by atoms with E-state index in [4.69, 9.17) is 5.11 Å². The summed E-state index contributed by atoms with van der Waals surface area (Å²) in [5.41, 5.74) is 0. The van der Waals surface area contributed by atoms with Crippen LogP contribution in [0.4, 0.5) is 0 Å². The maximum atomic E-state index is 11.7. The van der Waals surface area contributed by atoms with Crippen LogP contribution in [0.5, 0.6) is 0 Å². The number of aliphatic hydroxyl groups excluding tert-OH is 1. The van der Waals surface area contributed by atoms with Gasteiger partial charge in [0.1, 0.15) is 0 Å². The van der Waals surface area contributed by atoms with Crippen LogP contribution in [0.15, 0.2) is 0 Å². The summed E-state index contributed by atoms with van der Waals surface area (Å²) in [5.74, 6) is -0.937. The van der Waals surface area contributed by atoms with E-state index in [1.54, 1.807) is 4.90 Å². The van der Waals surface area contributed by atoms with Crippen molar-refractivity contribution in [2.24, 2.45) is 5.92 Å². The van der Waals surface area contributed by atoms with Gasteiger partial charge in [0.15, 0.2) is 0 Å². The molecule has 1 heterocycles. The second-order valence-electron chi connectivity index (χ2n) is 4.26. The highest BCUT2D eigenvalue weighted by Crippen LogP contribution is 2.20. The number of aliphatic hydroxyl groups is 1. The Hall–Kier alpha value is -1.10. The van der Waals surface area contributed by atoms with Crippen LogP contribution in [0, 0.1) is 5.92 Å². The highest BCUT2D eigenvalue weighted by molar-refractivity contribution is 5.80. The fraction of sp³-hybridized carbons (Fsp3) is 0.818. The quantitative estimate of drug-likeness (QED) is 0.734. The van der Waals surface area contributed by atoms with Gasteiger partial charge < -0.3 is 15.1 Å². The molecule has 1 fully saturated rings.